The lowest BCUT2D eigenvalue weighted by atomic mass is 9.70. The van der Waals surface area contributed by atoms with Crippen LogP contribution in [-0.4, -0.2) is 36.8 Å². The molecular formula is C26H28N4O4S. The highest BCUT2D eigenvalue weighted by atomic mass is 32.2. The number of benzene rings is 1. The first-order chi connectivity index (χ1) is 16.6. The van der Waals surface area contributed by atoms with Crippen molar-refractivity contribution < 1.29 is 14.1 Å². The molecule has 1 aliphatic carbocycles. The second-order valence-corrected chi connectivity index (χ2v) is 10.7. The van der Waals surface area contributed by atoms with Gasteiger partial charge in [0.15, 0.2) is 10.7 Å². The smallest absolute Gasteiger partial charge is 0.266 e. The molecule has 1 N–H and O–H groups in total. The predicted molar refractivity (Wildman–Crippen MR) is 134 cm³/mol. The standard InChI is InChI=1S/C26H28N4O4S/c1-5-35(34)18-8-6-17(7-9-18)15-22(31)28-21-14-16(2)24-19(27-21)12-13-26(3,25(24)33)20-10-11-23(32)30(4)29-20/h6-11,14H,5,12-13,15H2,1-4H3,(H,27,28,31). The summed E-state index contributed by atoms with van der Waals surface area (Å²) in [5.74, 6) is 0.651. The quantitative estimate of drug-likeness (QED) is 0.529. The van der Waals surface area contributed by atoms with Gasteiger partial charge in [-0.3, -0.25) is 14.4 Å². The Balaban J connectivity index is 1.52. The Morgan fingerprint density at radius 3 is 2.57 bits per heavy atom. The van der Waals surface area contributed by atoms with Gasteiger partial charge in [-0.15, -0.1) is 0 Å². The maximum absolute atomic E-state index is 13.6. The van der Waals surface area contributed by atoms with E-state index in [9.17, 15) is 18.9 Å². The minimum atomic E-state index is -1.03. The highest BCUT2D eigenvalue weighted by molar-refractivity contribution is 7.91. The Hall–Kier alpha value is -3.30. The lowest BCUT2D eigenvalue weighted by molar-refractivity contribution is -0.115. The molecule has 1 aromatic carbocycles. The first kappa shape index (κ1) is 24.8. The average Bonchev–Trinajstić information content (AvgIpc) is 2.83. The molecule has 9 heteroatoms. The summed E-state index contributed by atoms with van der Waals surface area (Å²) >= 11 is -1.03. The van der Waals surface area contributed by atoms with Crippen molar-refractivity contribution in [2.75, 3.05) is 11.1 Å². The second-order valence-electron chi connectivity index (χ2n) is 8.99. The third-order valence-electron chi connectivity index (χ3n) is 6.49. The van der Waals surface area contributed by atoms with Gasteiger partial charge in [-0.25, -0.2) is 9.67 Å². The van der Waals surface area contributed by atoms with Gasteiger partial charge in [-0.2, -0.15) is 5.10 Å². The summed E-state index contributed by atoms with van der Waals surface area (Å²) in [7, 11) is 1.57. The zero-order valence-electron chi connectivity index (χ0n) is 20.3. The van der Waals surface area contributed by atoms with Gasteiger partial charge < -0.3 is 9.87 Å². The van der Waals surface area contributed by atoms with Gasteiger partial charge >= 0.3 is 0 Å². The van der Waals surface area contributed by atoms with E-state index in [1.165, 1.54) is 10.7 Å². The number of ketones is 1. The number of fused-ring (bicyclic) bond motifs is 1. The number of hydrogen-bond donors (Lipinski definition) is 1. The van der Waals surface area contributed by atoms with Gasteiger partial charge in [0, 0.05) is 18.7 Å². The van der Waals surface area contributed by atoms with Crippen LogP contribution in [0.3, 0.4) is 0 Å². The van der Waals surface area contributed by atoms with Crippen LogP contribution in [0.15, 0.2) is 52.2 Å². The predicted octanol–water partition coefficient (Wildman–Crippen LogP) is 2.88. The van der Waals surface area contributed by atoms with Crippen LogP contribution in [0.25, 0.3) is 0 Å². The van der Waals surface area contributed by atoms with Crippen molar-refractivity contribution in [2.24, 2.45) is 7.05 Å². The molecule has 3 aromatic rings. The van der Waals surface area contributed by atoms with E-state index < -0.39 is 16.6 Å². The topological polar surface area (TPSA) is 117 Å². The number of anilines is 1. The van der Waals surface area contributed by atoms with Crippen LogP contribution in [0.4, 0.5) is 5.82 Å². The van der Waals surface area contributed by atoms with Crippen LogP contribution in [0.1, 0.15) is 53.1 Å². The number of nitrogens with zero attached hydrogens (tertiary/aromatic N) is 3. The molecule has 0 spiro atoms. The number of aryl methyl sites for hydroxylation is 3. The van der Waals surface area contributed by atoms with Crippen LogP contribution in [0.2, 0.25) is 0 Å². The highest BCUT2D eigenvalue weighted by Gasteiger charge is 2.43. The van der Waals surface area contributed by atoms with E-state index in [0.717, 1.165) is 16.0 Å². The maximum atomic E-state index is 13.6. The molecule has 0 radical (unpaired) electrons. The molecule has 35 heavy (non-hydrogen) atoms. The van der Waals surface area contributed by atoms with E-state index in [-0.39, 0.29) is 23.7 Å². The SMILES string of the molecule is CC[S+]([O-])c1ccc(CC(=O)Nc2cc(C)c3c(n2)CCC(C)(c2ccc(=O)n(C)n2)C3=O)cc1. The molecule has 182 valence electrons. The van der Waals surface area contributed by atoms with Gasteiger partial charge in [-0.1, -0.05) is 12.1 Å². The van der Waals surface area contributed by atoms with E-state index in [1.807, 2.05) is 20.8 Å². The van der Waals surface area contributed by atoms with Crippen molar-refractivity contribution in [3.63, 3.8) is 0 Å². The van der Waals surface area contributed by atoms with E-state index in [4.69, 9.17) is 0 Å². The van der Waals surface area contributed by atoms with E-state index in [1.54, 1.807) is 43.4 Å². The summed E-state index contributed by atoms with van der Waals surface area (Å²) < 4.78 is 13.1. The van der Waals surface area contributed by atoms with E-state index in [0.29, 0.717) is 41.4 Å². The number of carbonyl (C=O) groups is 2. The van der Waals surface area contributed by atoms with Crippen LogP contribution >= 0.6 is 0 Å². The van der Waals surface area contributed by atoms with Crippen LogP contribution < -0.4 is 10.9 Å². The van der Waals surface area contributed by atoms with Crippen LogP contribution in [-0.2, 0) is 41.3 Å². The Labute approximate surface area is 207 Å². The van der Waals surface area contributed by atoms with Crippen molar-refractivity contribution in [2.45, 2.75) is 50.3 Å². The molecule has 1 aliphatic rings. The lowest BCUT2D eigenvalue weighted by Crippen LogP contribution is -2.40. The second kappa shape index (κ2) is 9.75. The molecule has 2 unspecified atom stereocenters. The third kappa shape index (κ3) is 4.92. The monoisotopic (exact) mass is 492 g/mol. The van der Waals surface area contributed by atoms with Crippen molar-refractivity contribution in [1.29, 1.82) is 0 Å². The summed E-state index contributed by atoms with van der Waals surface area (Å²) in [6.07, 6.45) is 1.20. The molecule has 0 saturated carbocycles. The molecule has 0 saturated heterocycles. The van der Waals surface area contributed by atoms with Crippen molar-refractivity contribution in [1.82, 2.24) is 14.8 Å². The molecule has 8 nitrogen and oxygen atoms in total. The molecule has 2 atom stereocenters. The van der Waals surface area contributed by atoms with Crippen LogP contribution in [0, 0.1) is 6.92 Å². The number of carbonyl (C=O) groups excluding carboxylic acids is 2. The maximum Gasteiger partial charge on any atom is 0.266 e. The molecule has 0 bridgehead atoms. The Kier molecular flexibility index (Phi) is 6.91. The fraction of sp³-hybridized carbons (Fsp3) is 0.346. The number of Topliss-reactive ketones (excluding diaryl/α,β-unsaturated/α-hetero) is 1. The largest absolute Gasteiger partial charge is 0.611 e. The summed E-state index contributed by atoms with van der Waals surface area (Å²) in [6.45, 7) is 5.54. The molecule has 2 aromatic heterocycles. The van der Waals surface area contributed by atoms with Crippen molar-refractivity contribution >= 4 is 28.7 Å². The fourth-order valence-electron chi connectivity index (χ4n) is 4.39. The van der Waals surface area contributed by atoms with E-state index >= 15 is 0 Å². The molecule has 4 rings (SSSR count). The van der Waals surface area contributed by atoms with Crippen LogP contribution in [0.5, 0.6) is 0 Å². The number of pyridine rings is 1. The molecule has 1 amide bonds. The van der Waals surface area contributed by atoms with Gasteiger partial charge in [0.05, 0.1) is 23.2 Å². The molecule has 0 fully saturated rings. The summed E-state index contributed by atoms with van der Waals surface area (Å²) in [5, 5.41) is 7.17. The first-order valence-corrected chi connectivity index (χ1v) is 12.8. The minimum Gasteiger partial charge on any atom is -0.611 e. The number of nitrogens with one attached hydrogen (secondary N) is 1. The Bertz CT molecular complexity index is 1350. The van der Waals surface area contributed by atoms with Gasteiger partial charge in [-0.05, 0) is 80.2 Å². The van der Waals surface area contributed by atoms with Crippen molar-refractivity contribution in [3.8, 4) is 0 Å². The Morgan fingerprint density at radius 1 is 1.20 bits per heavy atom. The fourth-order valence-corrected chi connectivity index (χ4v) is 5.16. The molecular weight excluding hydrogens is 464 g/mol. The third-order valence-corrected chi connectivity index (χ3v) is 7.81. The Morgan fingerprint density at radius 2 is 1.91 bits per heavy atom. The summed E-state index contributed by atoms with van der Waals surface area (Å²) in [6, 6.07) is 11.9. The zero-order chi connectivity index (χ0) is 25.3. The molecule has 0 aliphatic heterocycles. The zero-order valence-corrected chi connectivity index (χ0v) is 21.1. The minimum absolute atomic E-state index is 0.0858. The first-order valence-electron chi connectivity index (χ1n) is 11.5. The number of rotatable bonds is 6. The number of amides is 1. The van der Waals surface area contributed by atoms with Gasteiger partial charge in [0.2, 0.25) is 5.91 Å². The van der Waals surface area contributed by atoms with Gasteiger partial charge in [0.1, 0.15) is 11.6 Å². The van der Waals surface area contributed by atoms with Crippen molar-refractivity contribution in [3.05, 3.63) is 80.9 Å². The van der Waals surface area contributed by atoms with E-state index in [2.05, 4.69) is 15.4 Å². The highest BCUT2D eigenvalue weighted by Crippen LogP contribution is 2.38. The van der Waals surface area contributed by atoms with Gasteiger partial charge in [0.25, 0.3) is 5.56 Å². The molecule has 2 heterocycles. The summed E-state index contributed by atoms with van der Waals surface area (Å²) in [4.78, 5) is 43.3. The number of hydrogen-bond acceptors (Lipinski definition) is 6. The number of aromatic nitrogens is 3. The lowest BCUT2D eigenvalue weighted by Gasteiger charge is -2.33. The normalized spacial score (nSPS) is 18.1. The average molecular weight is 493 g/mol. The summed E-state index contributed by atoms with van der Waals surface area (Å²) in [5.41, 5.74) is 2.21.